The maximum absolute atomic E-state index is 12.7. The number of carbonyl (C=O) groups is 2. The number of hydrogen-bond acceptors (Lipinski definition) is 4. The number of amides is 1. The summed E-state index contributed by atoms with van der Waals surface area (Å²) in [6, 6.07) is 11.8. The first-order chi connectivity index (χ1) is 12.5. The lowest BCUT2D eigenvalue weighted by Crippen LogP contribution is -2.30. The lowest BCUT2D eigenvalue weighted by molar-refractivity contribution is -0.137. The fraction of sp³-hybridized carbons (Fsp3) is 0.300. The quantitative estimate of drug-likeness (QED) is 0.861. The maximum atomic E-state index is 12.7. The van der Waals surface area contributed by atoms with Crippen molar-refractivity contribution in [2.24, 2.45) is 0 Å². The molecule has 3 rings (SSSR count). The van der Waals surface area contributed by atoms with Crippen LogP contribution in [0.5, 0.6) is 11.5 Å². The van der Waals surface area contributed by atoms with Crippen molar-refractivity contribution in [2.75, 3.05) is 13.2 Å². The van der Waals surface area contributed by atoms with Crippen molar-refractivity contribution < 1.29 is 24.2 Å². The molecule has 1 atom stereocenters. The fourth-order valence-corrected chi connectivity index (χ4v) is 2.94. The van der Waals surface area contributed by atoms with E-state index in [4.69, 9.17) is 9.47 Å². The molecule has 26 heavy (non-hydrogen) atoms. The first-order valence-electron chi connectivity index (χ1n) is 8.52. The van der Waals surface area contributed by atoms with Gasteiger partial charge in [0.1, 0.15) is 0 Å². The second-order valence-corrected chi connectivity index (χ2v) is 6.19. The van der Waals surface area contributed by atoms with E-state index in [1.165, 1.54) is 0 Å². The maximum Gasteiger partial charge on any atom is 0.305 e. The summed E-state index contributed by atoms with van der Waals surface area (Å²) in [5.74, 6) is -0.187. The average Bonchev–Trinajstić information content (AvgIpc) is 2.85. The lowest BCUT2D eigenvalue weighted by Gasteiger charge is -2.20. The summed E-state index contributed by atoms with van der Waals surface area (Å²) in [5, 5.41) is 12.0. The van der Waals surface area contributed by atoms with Gasteiger partial charge in [0, 0.05) is 12.0 Å². The molecule has 0 aromatic heterocycles. The second kappa shape index (κ2) is 7.91. The van der Waals surface area contributed by atoms with E-state index >= 15 is 0 Å². The number of rotatable bonds is 5. The third-order valence-electron chi connectivity index (χ3n) is 4.26. The molecule has 0 saturated heterocycles. The molecule has 2 N–H and O–H groups in total. The number of benzene rings is 2. The number of nitrogens with one attached hydrogen (secondary N) is 1. The van der Waals surface area contributed by atoms with Crippen molar-refractivity contribution in [3.63, 3.8) is 0 Å². The van der Waals surface area contributed by atoms with Gasteiger partial charge in [-0.05, 0) is 36.2 Å². The van der Waals surface area contributed by atoms with Gasteiger partial charge in [-0.15, -0.1) is 0 Å². The Bertz CT molecular complexity index is 818. The number of fused-ring (bicyclic) bond motifs is 1. The van der Waals surface area contributed by atoms with Crippen molar-refractivity contribution in [1.82, 2.24) is 5.32 Å². The Morgan fingerprint density at radius 1 is 1.12 bits per heavy atom. The molecule has 1 heterocycles. The van der Waals surface area contributed by atoms with E-state index in [0.29, 0.717) is 30.3 Å². The van der Waals surface area contributed by atoms with E-state index < -0.39 is 12.0 Å². The van der Waals surface area contributed by atoms with Crippen LogP contribution >= 0.6 is 0 Å². The number of aliphatic carboxylic acids is 1. The van der Waals surface area contributed by atoms with Crippen LogP contribution in [0.3, 0.4) is 0 Å². The topological polar surface area (TPSA) is 84.9 Å². The molecule has 1 aliphatic rings. The second-order valence-electron chi connectivity index (χ2n) is 6.19. The average molecular weight is 355 g/mol. The van der Waals surface area contributed by atoms with Gasteiger partial charge >= 0.3 is 5.97 Å². The predicted octanol–water partition coefficient (Wildman–Crippen LogP) is 3.10. The van der Waals surface area contributed by atoms with Crippen LogP contribution in [0.4, 0.5) is 0 Å². The molecule has 136 valence electrons. The summed E-state index contributed by atoms with van der Waals surface area (Å²) >= 11 is 0. The van der Waals surface area contributed by atoms with Gasteiger partial charge in [0.2, 0.25) is 0 Å². The Morgan fingerprint density at radius 3 is 2.58 bits per heavy atom. The Morgan fingerprint density at radius 2 is 1.85 bits per heavy atom. The van der Waals surface area contributed by atoms with E-state index in [0.717, 1.165) is 17.5 Å². The number of carboxylic acid groups (broad SMARTS) is 1. The van der Waals surface area contributed by atoms with Crippen molar-refractivity contribution in [2.45, 2.75) is 25.8 Å². The first kappa shape index (κ1) is 17.8. The highest BCUT2D eigenvalue weighted by Gasteiger charge is 2.21. The Labute approximate surface area is 151 Å². The largest absolute Gasteiger partial charge is 0.490 e. The van der Waals surface area contributed by atoms with Crippen LogP contribution in [0.25, 0.3) is 0 Å². The van der Waals surface area contributed by atoms with Crippen LogP contribution in [0.15, 0.2) is 42.5 Å². The standard InChI is InChI=1S/C20H21NO5/c1-13-5-2-3-6-15(13)16(12-19(22)23)21-20(24)14-7-8-17-18(11-14)26-10-4-9-25-17/h2-3,5-8,11,16H,4,9-10,12H2,1H3,(H,21,24)(H,22,23). The number of ether oxygens (including phenoxy) is 2. The molecule has 1 aliphatic heterocycles. The third-order valence-corrected chi connectivity index (χ3v) is 4.26. The van der Waals surface area contributed by atoms with Gasteiger partial charge in [0.05, 0.1) is 25.7 Å². The van der Waals surface area contributed by atoms with Gasteiger partial charge in [0.25, 0.3) is 5.91 Å². The SMILES string of the molecule is Cc1ccccc1C(CC(=O)O)NC(=O)c1ccc2c(c1)OCCCO2. The molecule has 0 saturated carbocycles. The minimum atomic E-state index is -0.975. The molecular weight excluding hydrogens is 334 g/mol. The van der Waals surface area contributed by atoms with Crippen molar-refractivity contribution >= 4 is 11.9 Å². The van der Waals surface area contributed by atoms with E-state index in [1.807, 2.05) is 31.2 Å². The summed E-state index contributed by atoms with van der Waals surface area (Å²) in [4.78, 5) is 23.9. The molecule has 1 unspecified atom stereocenters. The van der Waals surface area contributed by atoms with E-state index in [2.05, 4.69) is 5.32 Å². The monoisotopic (exact) mass is 355 g/mol. The molecule has 1 amide bonds. The molecule has 0 bridgehead atoms. The molecule has 0 radical (unpaired) electrons. The number of carbonyl (C=O) groups excluding carboxylic acids is 1. The highest BCUT2D eigenvalue weighted by molar-refractivity contribution is 5.95. The summed E-state index contributed by atoms with van der Waals surface area (Å²) in [7, 11) is 0. The van der Waals surface area contributed by atoms with Gasteiger partial charge < -0.3 is 19.9 Å². The van der Waals surface area contributed by atoms with Crippen molar-refractivity contribution in [3.8, 4) is 11.5 Å². The van der Waals surface area contributed by atoms with Crippen molar-refractivity contribution in [3.05, 3.63) is 59.2 Å². The highest BCUT2D eigenvalue weighted by atomic mass is 16.5. The van der Waals surface area contributed by atoms with Crippen LogP contribution in [-0.2, 0) is 4.79 Å². The van der Waals surface area contributed by atoms with Crippen LogP contribution in [-0.4, -0.2) is 30.2 Å². The van der Waals surface area contributed by atoms with Crippen LogP contribution in [0, 0.1) is 6.92 Å². The molecule has 0 fully saturated rings. The lowest BCUT2D eigenvalue weighted by atomic mass is 9.98. The Balaban J connectivity index is 1.83. The zero-order chi connectivity index (χ0) is 18.5. The minimum absolute atomic E-state index is 0.193. The molecule has 2 aromatic rings. The van der Waals surface area contributed by atoms with E-state index in [1.54, 1.807) is 18.2 Å². The van der Waals surface area contributed by atoms with Gasteiger partial charge in [-0.1, -0.05) is 24.3 Å². The number of hydrogen-bond donors (Lipinski definition) is 2. The molecule has 6 heteroatoms. The molecule has 0 spiro atoms. The predicted molar refractivity (Wildman–Crippen MR) is 95.7 cm³/mol. The summed E-state index contributed by atoms with van der Waals surface area (Å²) in [6.07, 6.45) is 0.589. The van der Waals surface area contributed by atoms with Crippen molar-refractivity contribution in [1.29, 1.82) is 0 Å². The summed E-state index contributed by atoms with van der Waals surface area (Å²) < 4.78 is 11.2. The van der Waals surface area contributed by atoms with Gasteiger partial charge in [-0.25, -0.2) is 0 Å². The van der Waals surface area contributed by atoms with Crippen LogP contribution in [0.2, 0.25) is 0 Å². The third kappa shape index (κ3) is 4.14. The molecule has 6 nitrogen and oxygen atoms in total. The zero-order valence-electron chi connectivity index (χ0n) is 14.5. The minimum Gasteiger partial charge on any atom is -0.490 e. The fourth-order valence-electron chi connectivity index (χ4n) is 2.94. The number of carboxylic acids is 1. The zero-order valence-corrected chi connectivity index (χ0v) is 14.5. The van der Waals surface area contributed by atoms with Crippen LogP contribution < -0.4 is 14.8 Å². The van der Waals surface area contributed by atoms with Crippen LogP contribution in [0.1, 0.15) is 40.4 Å². The molecule has 2 aromatic carbocycles. The van der Waals surface area contributed by atoms with E-state index in [-0.39, 0.29) is 12.3 Å². The highest BCUT2D eigenvalue weighted by Crippen LogP contribution is 2.31. The van der Waals surface area contributed by atoms with Gasteiger partial charge in [-0.3, -0.25) is 9.59 Å². The van der Waals surface area contributed by atoms with Gasteiger partial charge in [-0.2, -0.15) is 0 Å². The molecular formula is C20H21NO5. The number of aryl methyl sites for hydroxylation is 1. The first-order valence-corrected chi connectivity index (χ1v) is 8.52. The van der Waals surface area contributed by atoms with Gasteiger partial charge in [0.15, 0.2) is 11.5 Å². The summed E-state index contributed by atoms with van der Waals surface area (Å²) in [6.45, 7) is 3.00. The Kier molecular flexibility index (Phi) is 5.41. The smallest absolute Gasteiger partial charge is 0.305 e. The molecule has 0 aliphatic carbocycles. The normalized spacial score (nSPS) is 14.2. The van der Waals surface area contributed by atoms with E-state index in [9.17, 15) is 14.7 Å². The Hall–Kier alpha value is -3.02. The summed E-state index contributed by atoms with van der Waals surface area (Å²) in [5.41, 5.74) is 2.12.